The lowest BCUT2D eigenvalue weighted by Crippen LogP contribution is -2.70. The first kappa shape index (κ1) is 31.5. The Labute approximate surface area is 266 Å². The lowest BCUT2D eigenvalue weighted by molar-refractivity contribution is -0.000400. The van der Waals surface area contributed by atoms with E-state index in [1.807, 2.05) is 17.0 Å². The lowest BCUT2D eigenvalue weighted by Gasteiger charge is -2.48. The van der Waals surface area contributed by atoms with Crippen molar-refractivity contribution >= 4 is 24.6 Å². The first-order chi connectivity index (χ1) is 21.6. The maximum atomic E-state index is 14.4. The average molecular weight is 631 g/mol. The fourth-order valence-electron chi connectivity index (χ4n) is 7.49. The first-order valence-electron chi connectivity index (χ1n) is 15.9. The lowest BCUT2D eigenvalue weighted by atomic mass is 9.95. The van der Waals surface area contributed by atoms with Crippen LogP contribution in [0, 0.1) is 11.3 Å². The number of rotatable bonds is 8. The molecule has 11 heteroatoms. The number of halogens is 1. The highest BCUT2D eigenvalue weighted by Crippen LogP contribution is 2.41. The van der Waals surface area contributed by atoms with Gasteiger partial charge in [0.15, 0.2) is 0 Å². The Morgan fingerprint density at radius 2 is 1.73 bits per heavy atom. The van der Waals surface area contributed by atoms with Gasteiger partial charge in [-0.25, -0.2) is 4.39 Å². The van der Waals surface area contributed by atoms with E-state index in [2.05, 4.69) is 102 Å². The minimum absolute atomic E-state index is 0.0228. The van der Waals surface area contributed by atoms with E-state index in [1.165, 1.54) is 10.4 Å². The zero-order valence-corrected chi connectivity index (χ0v) is 27.7. The zero-order valence-electron chi connectivity index (χ0n) is 26.7. The van der Waals surface area contributed by atoms with E-state index >= 15 is 0 Å². The minimum atomic E-state index is -2.91. The number of hydrogen-bond donors (Lipinski definition) is 0. The quantitative estimate of drug-likeness (QED) is 0.344. The van der Waals surface area contributed by atoms with E-state index in [4.69, 9.17) is 13.9 Å². The molecule has 3 aliphatic rings. The molecule has 0 saturated carbocycles. The third kappa shape index (κ3) is 6.21. The summed E-state index contributed by atoms with van der Waals surface area (Å²) in [4.78, 5) is 17.6. The van der Waals surface area contributed by atoms with Gasteiger partial charge >= 0.3 is 6.01 Å². The molecule has 4 heterocycles. The molecule has 3 aliphatic heterocycles. The molecule has 6 rings (SSSR count). The normalized spacial score (nSPS) is 25.9. The van der Waals surface area contributed by atoms with Gasteiger partial charge in [0.05, 0.1) is 30.9 Å². The summed E-state index contributed by atoms with van der Waals surface area (Å²) in [7, 11) is -2.91. The second kappa shape index (κ2) is 12.4. The van der Waals surface area contributed by atoms with Crippen LogP contribution in [-0.2, 0) is 9.16 Å². The van der Waals surface area contributed by atoms with Gasteiger partial charge in [0.1, 0.15) is 18.8 Å². The van der Waals surface area contributed by atoms with Crippen molar-refractivity contribution in [3.05, 3.63) is 66.5 Å². The summed E-state index contributed by atoms with van der Waals surface area (Å²) in [6, 6.07) is 23.2. The van der Waals surface area contributed by atoms with Crippen molar-refractivity contribution in [1.29, 1.82) is 5.26 Å². The highest BCUT2D eigenvalue weighted by Gasteiger charge is 2.54. The molecule has 0 N–H and O–H groups in total. The predicted octanol–water partition coefficient (Wildman–Crippen LogP) is 3.87. The van der Waals surface area contributed by atoms with Crippen molar-refractivity contribution < 1.29 is 18.3 Å². The van der Waals surface area contributed by atoms with Gasteiger partial charge in [0, 0.05) is 19.5 Å². The van der Waals surface area contributed by atoms with Gasteiger partial charge in [0.25, 0.3) is 8.32 Å². The van der Waals surface area contributed by atoms with Gasteiger partial charge in [-0.3, -0.25) is 4.90 Å². The fraction of sp³-hybridized carbons (Fsp3) is 0.529. The molecular formula is C34H43FN6O3Si. The first-order valence-corrected chi connectivity index (χ1v) is 17.8. The van der Waals surface area contributed by atoms with E-state index in [0.717, 1.165) is 19.4 Å². The van der Waals surface area contributed by atoms with Gasteiger partial charge in [-0.15, -0.1) is 0 Å². The molecule has 0 spiro atoms. The number of anilines is 1. The third-order valence-electron chi connectivity index (χ3n) is 9.47. The summed E-state index contributed by atoms with van der Waals surface area (Å²) in [5.41, 5.74) is -1.09. The van der Waals surface area contributed by atoms with Crippen LogP contribution in [0.15, 0.2) is 60.7 Å². The molecule has 1 unspecified atom stereocenters. The summed E-state index contributed by atoms with van der Waals surface area (Å²) in [6.07, 6.45) is 1.47. The number of aromatic nitrogens is 3. The van der Waals surface area contributed by atoms with E-state index < -0.39 is 20.1 Å². The van der Waals surface area contributed by atoms with Crippen LogP contribution in [0.5, 0.6) is 6.01 Å². The van der Waals surface area contributed by atoms with Gasteiger partial charge in [0.2, 0.25) is 11.8 Å². The second-order valence-electron chi connectivity index (χ2n) is 13.9. The zero-order chi connectivity index (χ0) is 31.7. The Hall–Kier alpha value is -3.43. The van der Waals surface area contributed by atoms with E-state index in [9.17, 15) is 9.65 Å². The topological polar surface area (TPSA) is 96.6 Å². The molecule has 0 amide bonds. The minimum Gasteiger partial charge on any atom is -0.461 e. The van der Waals surface area contributed by atoms with Crippen LogP contribution >= 0.6 is 0 Å². The van der Waals surface area contributed by atoms with Gasteiger partial charge < -0.3 is 18.8 Å². The van der Waals surface area contributed by atoms with Crippen LogP contribution in [0.2, 0.25) is 5.04 Å². The van der Waals surface area contributed by atoms with Crippen molar-refractivity contribution in [3.63, 3.8) is 0 Å². The van der Waals surface area contributed by atoms with Gasteiger partial charge in [-0.05, 0) is 41.7 Å². The van der Waals surface area contributed by atoms with Crippen LogP contribution in [0.1, 0.15) is 52.8 Å². The van der Waals surface area contributed by atoms with Gasteiger partial charge in [-0.1, -0.05) is 81.4 Å². The molecule has 0 radical (unpaired) electrons. The van der Waals surface area contributed by atoms with E-state index in [-0.39, 0.29) is 29.0 Å². The molecule has 0 aliphatic carbocycles. The largest absolute Gasteiger partial charge is 0.461 e. The Morgan fingerprint density at radius 3 is 2.38 bits per heavy atom. The third-order valence-corrected chi connectivity index (χ3v) is 14.7. The number of alkyl halides is 1. The Morgan fingerprint density at radius 1 is 1.04 bits per heavy atom. The van der Waals surface area contributed by atoms with Gasteiger partial charge in [-0.2, -0.15) is 20.2 Å². The van der Waals surface area contributed by atoms with Crippen LogP contribution in [-0.4, -0.2) is 91.5 Å². The predicted molar refractivity (Wildman–Crippen MR) is 173 cm³/mol. The molecule has 0 bridgehead atoms. The Bertz CT molecular complexity index is 1480. The standard InChI is InChI=1S/C34H43FN6O3Si/c1-32(2,3)45(27-12-7-5-8-13-27,28-14-9-6-10-15-28)44-33(4)23-40(18-19-42-24-33)30-37-29(21-36)38-31(39-30)43-25-34-16-11-17-41(34)22-26(35)20-34/h5-10,12-15,26H,11,16-20,22-25H2,1-4H3/t26-,33?,34+/m1/s1. The molecular weight excluding hydrogens is 587 g/mol. The molecule has 3 atom stereocenters. The van der Waals surface area contributed by atoms with Crippen LogP contribution < -0.4 is 20.0 Å². The molecule has 2 aromatic carbocycles. The maximum Gasteiger partial charge on any atom is 0.322 e. The summed E-state index contributed by atoms with van der Waals surface area (Å²) in [5.74, 6) is 0.320. The molecule has 238 valence electrons. The highest BCUT2D eigenvalue weighted by atomic mass is 28.4. The van der Waals surface area contributed by atoms with Crippen molar-refractivity contribution in [2.75, 3.05) is 50.9 Å². The number of ether oxygens (including phenoxy) is 2. The SMILES string of the molecule is CC1(O[Si](c2ccccc2)(c2ccccc2)C(C)(C)C)COCCN(c2nc(C#N)nc(OC[C@@]34CCCN3C[C@H](F)C4)n2)C1. The molecule has 9 nitrogen and oxygen atoms in total. The smallest absolute Gasteiger partial charge is 0.322 e. The second-order valence-corrected chi connectivity index (χ2v) is 18.1. The molecule has 3 saturated heterocycles. The number of hydrogen-bond acceptors (Lipinski definition) is 9. The molecule has 3 fully saturated rings. The number of nitrogens with zero attached hydrogens (tertiary/aromatic N) is 6. The Kier molecular flexibility index (Phi) is 8.69. The Balaban J connectivity index is 1.32. The molecule has 3 aromatic rings. The number of benzene rings is 2. The summed E-state index contributed by atoms with van der Waals surface area (Å²) >= 11 is 0. The van der Waals surface area contributed by atoms with Crippen molar-refractivity contribution in [3.8, 4) is 12.1 Å². The van der Waals surface area contributed by atoms with Crippen LogP contribution in [0.3, 0.4) is 0 Å². The van der Waals surface area contributed by atoms with Crippen LogP contribution in [0.25, 0.3) is 0 Å². The summed E-state index contributed by atoms with van der Waals surface area (Å²) < 4.78 is 34.2. The van der Waals surface area contributed by atoms with Crippen LogP contribution in [0.4, 0.5) is 10.3 Å². The van der Waals surface area contributed by atoms with Crippen molar-refractivity contribution in [2.45, 2.75) is 69.3 Å². The number of fused-ring (bicyclic) bond motifs is 1. The molecule has 1 aromatic heterocycles. The van der Waals surface area contributed by atoms with Crippen molar-refractivity contribution in [2.24, 2.45) is 0 Å². The summed E-state index contributed by atoms with van der Waals surface area (Å²) in [6.45, 7) is 12.2. The number of nitriles is 1. The monoisotopic (exact) mass is 630 g/mol. The fourth-order valence-corrected chi connectivity index (χ4v) is 12.3. The van der Waals surface area contributed by atoms with E-state index in [0.29, 0.717) is 45.2 Å². The summed E-state index contributed by atoms with van der Waals surface area (Å²) in [5, 5.41) is 12.0. The maximum absolute atomic E-state index is 14.4. The van der Waals surface area contributed by atoms with E-state index in [1.54, 1.807) is 0 Å². The average Bonchev–Trinajstić information content (AvgIpc) is 3.48. The van der Waals surface area contributed by atoms with Crippen molar-refractivity contribution in [1.82, 2.24) is 19.9 Å². The molecule has 45 heavy (non-hydrogen) atoms. The highest BCUT2D eigenvalue weighted by molar-refractivity contribution is 6.99.